The zero-order chi connectivity index (χ0) is 17.9. The molecule has 0 amide bonds. The summed E-state index contributed by atoms with van der Waals surface area (Å²) in [5, 5.41) is 0. The molecule has 0 aromatic heterocycles. The second kappa shape index (κ2) is 7.85. The Morgan fingerprint density at radius 2 is 1.85 bits per heavy atom. The maximum absolute atomic E-state index is 4.31. The van der Waals surface area contributed by atoms with Crippen LogP contribution in [0.25, 0.3) is 4.91 Å². The Hall–Kier alpha value is -1.77. The molecule has 4 rings (SSSR count). The molecule has 0 N–H and O–H groups in total. The van der Waals surface area contributed by atoms with Gasteiger partial charge in [0.05, 0.1) is 0 Å². The van der Waals surface area contributed by atoms with Crippen molar-refractivity contribution in [3.05, 3.63) is 87.8 Å². The van der Waals surface area contributed by atoms with E-state index < -0.39 is 0 Å². The maximum Gasteiger partial charge on any atom is 0.0300 e. The minimum atomic E-state index is 1.04. The van der Waals surface area contributed by atoms with Crippen molar-refractivity contribution in [1.82, 2.24) is 4.90 Å². The fraction of sp³-hybridized carbons (Fsp3) is 0.333. The lowest BCUT2D eigenvalue weighted by atomic mass is 10.0. The van der Waals surface area contributed by atoms with E-state index in [1.165, 1.54) is 40.9 Å². The van der Waals surface area contributed by atoms with Gasteiger partial charge >= 0.3 is 0 Å². The van der Waals surface area contributed by atoms with Crippen molar-refractivity contribution in [1.29, 1.82) is 0 Å². The van der Waals surface area contributed by atoms with E-state index in [0.29, 0.717) is 0 Å². The van der Waals surface area contributed by atoms with E-state index in [1.807, 2.05) is 11.8 Å². The SMILES string of the molecule is C=C(SC1=C(C)CCN(Cc2ccc3c(c2)CCC3)C1)c1ccccc1. The molecule has 0 bridgehead atoms. The molecule has 1 aliphatic carbocycles. The Labute approximate surface area is 161 Å². The lowest BCUT2D eigenvalue weighted by molar-refractivity contribution is 0.283. The van der Waals surface area contributed by atoms with Gasteiger partial charge in [0, 0.05) is 29.4 Å². The Bertz CT molecular complexity index is 835. The van der Waals surface area contributed by atoms with Crippen LogP contribution in [0.1, 0.15) is 42.0 Å². The fourth-order valence-corrected chi connectivity index (χ4v) is 5.02. The van der Waals surface area contributed by atoms with Crippen molar-refractivity contribution < 1.29 is 0 Å². The zero-order valence-corrected chi connectivity index (χ0v) is 16.4. The van der Waals surface area contributed by atoms with Crippen LogP contribution >= 0.6 is 11.8 Å². The minimum Gasteiger partial charge on any atom is -0.294 e. The van der Waals surface area contributed by atoms with Gasteiger partial charge < -0.3 is 0 Å². The first-order valence-corrected chi connectivity index (χ1v) is 10.4. The summed E-state index contributed by atoms with van der Waals surface area (Å²) in [5.41, 5.74) is 7.37. The van der Waals surface area contributed by atoms with Gasteiger partial charge in [-0.2, -0.15) is 0 Å². The molecule has 26 heavy (non-hydrogen) atoms. The molecule has 0 atom stereocenters. The number of fused-ring (bicyclic) bond motifs is 1. The standard InChI is InChI=1S/C24H27NS/c1-18-13-14-25(16-20-11-12-22-9-6-10-23(22)15-20)17-24(18)26-19(2)21-7-4-3-5-8-21/h3-5,7-8,11-12,15H,2,6,9-10,13-14,16-17H2,1H3. The average molecular weight is 362 g/mol. The van der Waals surface area contributed by atoms with Crippen LogP contribution in [0, 0.1) is 0 Å². The van der Waals surface area contributed by atoms with Crippen LogP contribution in [0.3, 0.4) is 0 Å². The predicted octanol–water partition coefficient (Wildman–Crippen LogP) is 6.06. The lowest BCUT2D eigenvalue weighted by Crippen LogP contribution is -2.30. The van der Waals surface area contributed by atoms with Crippen LogP contribution in [-0.2, 0) is 19.4 Å². The van der Waals surface area contributed by atoms with Crippen molar-refractivity contribution >= 4 is 16.7 Å². The first-order chi connectivity index (χ1) is 12.7. The number of hydrogen-bond acceptors (Lipinski definition) is 2. The summed E-state index contributed by atoms with van der Waals surface area (Å²) < 4.78 is 0. The normalized spacial score (nSPS) is 17.4. The van der Waals surface area contributed by atoms with Gasteiger partial charge in [-0.25, -0.2) is 0 Å². The number of thioether (sulfide) groups is 1. The maximum atomic E-state index is 4.31. The molecule has 0 radical (unpaired) electrons. The van der Waals surface area contributed by atoms with Crippen LogP contribution in [-0.4, -0.2) is 18.0 Å². The molecule has 0 saturated carbocycles. The van der Waals surface area contributed by atoms with Crippen molar-refractivity contribution in [3.63, 3.8) is 0 Å². The molecule has 134 valence electrons. The van der Waals surface area contributed by atoms with Crippen molar-refractivity contribution in [2.45, 2.75) is 39.2 Å². The second-order valence-corrected chi connectivity index (χ2v) is 8.70. The summed E-state index contributed by atoms with van der Waals surface area (Å²) in [4.78, 5) is 5.22. The molecule has 0 unspecified atom stereocenters. The van der Waals surface area contributed by atoms with Crippen molar-refractivity contribution in [2.24, 2.45) is 0 Å². The second-order valence-electron chi connectivity index (χ2n) is 7.51. The Kier molecular flexibility index (Phi) is 5.33. The molecule has 1 aliphatic heterocycles. The number of aryl methyl sites for hydroxylation is 2. The summed E-state index contributed by atoms with van der Waals surface area (Å²) >= 11 is 1.86. The van der Waals surface area contributed by atoms with E-state index >= 15 is 0 Å². The molecule has 0 saturated heterocycles. The monoisotopic (exact) mass is 361 g/mol. The molecular weight excluding hydrogens is 334 g/mol. The van der Waals surface area contributed by atoms with Gasteiger partial charge in [-0.15, -0.1) is 0 Å². The predicted molar refractivity (Wildman–Crippen MR) is 114 cm³/mol. The van der Waals surface area contributed by atoms with Crippen LogP contribution in [0.2, 0.25) is 0 Å². The van der Waals surface area contributed by atoms with Gasteiger partial charge in [0.2, 0.25) is 0 Å². The van der Waals surface area contributed by atoms with Crippen LogP contribution in [0.15, 0.2) is 65.6 Å². The highest BCUT2D eigenvalue weighted by atomic mass is 32.2. The first-order valence-electron chi connectivity index (χ1n) is 9.63. The average Bonchev–Trinajstić information content (AvgIpc) is 3.13. The molecule has 0 fully saturated rings. The van der Waals surface area contributed by atoms with Crippen LogP contribution < -0.4 is 0 Å². The molecular formula is C24H27NS. The van der Waals surface area contributed by atoms with E-state index in [9.17, 15) is 0 Å². The highest BCUT2D eigenvalue weighted by Gasteiger charge is 2.19. The van der Waals surface area contributed by atoms with Gasteiger partial charge in [0.15, 0.2) is 0 Å². The number of rotatable bonds is 5. The molecule has 2 aliphatic rings. The van der Waals surface area contributed by atoms with Gasteiger partial charge in [-0.3, -0.25) is 4.90 Å². The Morgan fingerprint density at radius 1 is 1.04 bits per heavy atom. The number of hydrogen-bond donors (Lipinski definition) is 0. The Morgan fingerprint density at radius 3 is 2.69 bits per heavy atom. The third-order valence-electron chi connectivity index (χ3n) is 5.56. The number of benzene rings is 2. The molecule has 2 heteroatoms. The lowest BCUT2D eigenvalue weighted by Gasteiger charge is -2.30. The molecule has 1 nitrogen and oxygen atoms in total. The summed E-state index contributed by atoms with van der Waals surface area (Å²) in [7, 11) is 0. The molecule has 2 aromatic carbocycles. The molecule has 1 heterocycles. The smallest absolute Gasteiger partial charge is 0.0300 e. The third-order valence-corrected chi connectivity index (χ3v) is 6.76. The summed E-state index contributed by atoms with van der Waals surface area (Å²) in [5.74, 6) is 0. The first kappa shape index (κ1) is 17.6. The summed E-state index contributed by atoms with van der Waals surface area (Å²) in [6.45, 7) is 9.85. The minimum absolute atomic E-state index is 1.04. The van der Waals surface area contributed by atoms with Crippen LogP contribution in [0.4, 0.5) is 0 Å². The van der Waals surface area contributed by atoms with E-state index in [0.717, 1.165) is 31.0 Å². The molecule has 0 spiro atoms. The highest BCUT2D eigenvalue weighted by molar-refractivity contribution is 8.11. The third kappa shape index (κ3) is 3.97. The van der Waals surface area contributed by atoms with Gasteiger partial charge in [-0.1, -0.05) is 72.4 Å². The van der Waals surface area contributed by atoms with E-state index in [1.54, 1.807) is 11.1 Å². The van der Waals surface area contributed by atoms with Crippen molar-refractivity contribution in [3.8, 4) is 0 Å². The summed E-state index contributed by atoms with van der Waals surface area (Å²) in [6.07, 6.45) is 5.02. The van der Waals surface area contributed by atoms with Gasteiger partial charge in [-0.05, 0) is 54.9 Å². The molecule has 2 aromatic rings. The summed E-state index contributed by atoms with van der Waals surface area (Å²) in [6, 6.07) is 17.7. The van der Waals surface area contributed by atoms with Gasteiger partial charge in [0.1, 0.15) is 0 Å². The van der Waals surface area contributed by atoms with Crippen LogP contribution in [0.5, 0.6) is 0 Å². The van der Waals surface area contributed by atoms with E-state index in [-0.39, 0.29) is 0 Å². The highest BCUT2D eigenvalue weighted by Crippen LogP contribution is 2.37. The quantitative estimate of drug-likeness (QED) is 0.637. The Balaban J connectivity index is 1.42. The zero-order valence-electron chi connectivity index (χ0n) is 15.6. The van der Waals surface area contributed by atoms with Gasteiger partial charge in [0.25, 0.3) is 0 Å². The largest absolute Gasteiger partial charge is 0.294 e. The van der Waals surface area contributed by atoms with E-state index in [4.69, 9.17) is 0 Å². The topological polar surface area (TPSA) is 3.24 Å². The van der Waals surface area contributed by atoms with E-state index in [2.05, 4.69) is 66.9 Å². The fourth-order valence-electron chi connectivity index (χ4n) is 3.95. The van der Waals surface area contributed by atoms with Crippen molar-refractivity contribution in [2.75, 3.05) is 13.1 Å². The number of nitrogens with zero attached hydrogens (tertiary/aromatic N) is 1.